The minimum absolute atomic E-state index is 0.00113. The van der Waals surface area contributed by atoms with E-state index in [1.165, 1.54) is 16.2 Å². The van der Waals surface area contributed by atoms with Crippen molar-refractivity contribution in [2.24, 2.45) is 0 Å². The number of carbonyl (C=O) groups excluding carboxylic acids is 3. The van der Waals surface area contributed by atoms with E-state index < -0.39 is 36.0 Å². The fraction of sp³-hybridized carbons (Fsp3) is 0.156. The highest BCUT2D eigenvalue weighted by molar-refractivity contribution is 7.12. The van der Waals surface area contributed by atoms with Gasteiger partial charge in [0.2, 0.25) is 12.0 Å². The molecule has 0 aliphatic carbocycles. The molecule has 1 unspecified atom stereocenters. The molecule has 4 aromatic carbocycles. The highest BCUT2D eigenvalue weighted by atomic mass is 35.5. The number of nitriles is 1. The van der Waals surface area contributed by atoms with E-state index in [1.807, 2.05) is 24.3 Å². The molecule has 0 fully saturated rings. The van der Waals surface area contributed by atoms with Crippen molar-refractivity contribution in [1.82, 2.24) is 15.2 Å². The van der Waals surface area contributed by atoms with Gasteiger partial charge < -0.3 is 30.1 Å². The molecule has 4 heterocycles. The number of ether oxygens (including phenoxy) is 2. The van der Waals surface area contributed by atoms with Crippen molar-refractivity contribution in [1.29, 1.82) is 5.26 Å². The van der Waals surface area contributed by atoms with Gasteiger partial charge in [0.15, 0.2) is 0 Å². The zero-order valence-electron chi connectivity index (χ0n) is 31.4. The third-order valence-corrected chi connectivity index (χ3v) is 11.8. The van der Waals surface area contributed by atoms with Crippen LogP contribution in [0.2, 0.25) is 10.2 Å². The number of hydrogen-bond donors (Lipinski definition) is 3. The van der Waals surface area contributed by atoms with E-state index in [0.717, 1.165) is 22.3 Å². The summed E-state index contributed by atoms with van der Waals surface area (Å²) in [6.45, 7) is 0.239. The van der Waals surface area contributed by atoms with Crippen molar-refractivity contribution in [2.45, 2.75) is 44.2 Å². The number of pyridine rings is 1. The summed E-state index contributed by atoms with van der Waals surface area (Å²) in [5, 5.41) is 27.2. The second-order valence-corrected chi connectivity index (χ2v) is 15.9. The molecule has 0 radical (unpaired) electrons. The maximum absolute atomic E-state index is 14.1. The van der Waals surface area contributed by atoms with Gasteiger partial charge >= 0.3 is 5.97 Å². The number of carboxylic acid groups (broad SMARTS) is 1. The number of aromatic nitrogens is 1. The number of benzene rings is 4. The first kappa shape index (κ1) is 40.1. The van der Waals surface area contributed by atoms with E-state index in [0.29, 0.717) is 49.3 Å². The molecule has 3 N–H and O–H groups in total. The van der Waals surface area contributed by atoms with Crippen LogP contribution in [0.25, 0.3) is 11.1 Å². The molecule has 3 amide bonds. The van der Waals surface area contributed by atoms with Crippen molar-refractivity contribution in [3.63, 3.8) is 0 Å². The molecule has 0 bridgehead atoms. The number of carboxylic acids is 1. The Hall–Kier alpha value is -6.72. The molecular weight excluding hydrogens is 825 g/mol. The van der Waals surface area contributed by atoms with E-state index in [-0.39, 0.29) is 37.1 Å². The van der Waals surface area contributed by atoms with Gasteiger partial charge in [0.25, 0.3) is 11.8 Å². The zero-order chi connectivity index (χ0) is 41.9. The number of amides is 3. The number of nitrogens with zero attached hydrogens (tertiary/aromatic N) is 3. The highest BCUT2D eigenvalue weighted by Gasteiger charge is 2.39. The van der Waals surface area contributed by atoms with Gasteiger partial charge in [-0.3, -0.25) is 14.4 Å². The topological polar surface area (TPSA) is 171 Å². The molecule has 2 aromatic heterocycles. The fourth-order valence-electron chi connectivity index (χ4n) is 7.12. The molecule has 2 aliphatic rings. The first-order chi connectivity index (χ1) is 29.0. The first-order valence-corrected chi connectivity index (χ1v) is 20.3. The summed E-state index contributed by atoms with van der Waals surface area (Å²) in [6, 6.07) is 29.7. The van der Waals surface area contributed by atoms with Crippen LogP contribution < -0.4 is 20.1 Å². The van der Waals surface area contributed by atoms with Crippen LogP contribution in [-0.4, -0.2) is 50.8 Å². The Morgan fingerprint density at radius 1 is 0.983 bits per heavy atom. The van der Waals surface area contributed by atoms with Crippen molar-refractivity contribution in [2.75, 3.05) is 5.32 Å². The Balaban J connectivity index is 0.981. The number of fused-ring (bicyclic) bond motifs is 2. The van der Waals surface area contributed by atoms with Gasteiger partial charge in [0.1, 0.15) is 35.3 Å². The molecule has 0 saturated heterocycles. The number of halogens is 2. The number of nitrogens with one attached hydrogen (secondary N) is 2. The Kier molecular flexibility index (Phi) is 11.5. The van der Waals surface area contributed by atoms with Crippen molar-refractivity contribution in [3.05, 3.63) is 163 Å². The van der Waals surface area contributed by atoms with E-state index in [2.05, 4.69) is 21.7 Å². The van der Waals surface area contributed by atoms with Gasteiger partial charge in [-0.2, -0.15) is 5.26 Å². The summed E-state index contributed by atoms with van der Waals surface area (Å²) >= 11 is 13.2. The van der Waals surface area contributed by atoms with Crippen LogP contribution >= 0.6 is 34.5 Å². The van der Waals surface area contributed by atoms with E-state index >= 15 is 0 Å². The third-order valence-electron chi connectivity index (χ3n) is 10.3. The van der Waals surface area contributed by atoms with Gasteiger partial charge in [0, 0.05) is 36.7 Å². The van der Waals surface area contributed by atoms with Crippen LogP contribution in [0.1, 0.15) is 49.2 Å². The summed E-state index contributed by atoms with van der Waals surface area (Å²) in [4.78, 5) is 59.9. The lowest BCUT2D eigenvalue weighted by Crippen LogP contribution is -2.55. The second kappa shape index (κ2) is 17.2. The van der Waals surface area contributed by atoms with Crippen molar-refractivity contribution in [3.8, 4) is 28.7 Å². The molecule has 15 heteroatoms. The fourth-order valence-corrected chi connectivity index (χ4v) is 8.09. The minimum Gasteiger partial charge on any atom is -0.489 e. The molecule has 0 saturated carbocycles. The Morgan fingerprint density at radius 3 is 2.38 bits per heavy atom. The molecule has 8 rings (SSSR count). The second-order valence-electron chi connectivity index (χ2n) is 14.2. The molecule has 12 nitrogen and oxygen atoms in total. The van der Waals surface area contributed by atoms with Gasteiger partial charge in [-0.1, -0.05) is 77.8 Å². The number of hydrogen-bond acceptors (Lipinski definition) is 9. The average Bonchev–Trinajstić information content (AvgIpc) is 3.81. The molecule has 3 atom stereocenters. The van der Waals surface area contributed by atoms with Gasteiger partial charge in [0.05, 0.1) is 27.2 Å². The Labute approximate surface area is 357 Å². The maximum atomic E-state index is 14.1. The SMILES string of the molecule is N#Cc1ccc(-c2ccc(C[C@H](NC(=O)C3Cc4cc5c(cc4CN3C(=O)c3cccs3)O[C@@H](c3ccc(OCc4cnc(Cl)c(Cl)c4)cc3)C(=O)N5)C(=O)O)cc2)cc1. The Morgan fingerprint density at radius 2 is 1.72 bits per heavy atom. The molecule has 60 heavy (non-hydrogen) atoms. The standard InChI is InChI=1S/C45H33Cl2N5O7S/c46-34-16-27(22-49-41(34)47)24-58-33-13-11-30(12-14-33)40-43(54)50-35-18-31-19-37(52(23-32(31)20-38(35)59-40)44(55)39-2-1-15-60-39)42(53)51-36(45(56)57)17-25-3-7-28(8-4-25)29-9-5-26(21-48)6-10-29/h1-16,18,20,22,36-37,40H,17,19,23-24H2,(H,50,54)(H,51,53)(H,56,57)/t36-,37?,40-/m0/s1. The van der Waals surface area contributed by atoms with Crippen LogP contribution in [0, 0.1) is 11.3 Å². The molecule has 0 spiro atoms. The van der Waals surface area contributed by atoms with Crippen molar-refractivity contribution < 1.29 is 33.8 Å². The summed E-state index contributed by atoms with van der Waals surface area (Å²) < 4.78 is 12.1. The lowest BCUT2D eigenvalue weighted by atomic mass is 9.91. The zero-order valence-corrected chi connectivity index (χ0v) is 33.8. The van der Waals surface area contributed by atoms with Gasteiger partial charge in [-0.15, -0.1) is 11.3 Å². The Bertz CT molecular complexity index is 2650. The first-order valence-electron chi connectivity index (χ1n) is 18.7. The minimum atomic E-state index is -1.29. The van der Waals surface area contributed by atoms with Crippen LogP contribution in [0.4, 0.5) is 5.69 Å². The summed E-state index contributed by atoms with van der Waals surface area (Å²) in [6.07, 6.45) is 0.663. The lowest BCUT2D eigenvalue weighted by Gasteiger charge is -2.37. The highest BCUT2D eigenvalue weighted by Crippen LogP contribution is 2.40. The van der Waals surface area contributed by atoms with Crippen LogP contribution in [0.5, 0.6) is 11.5 Å². The van der Waals surface area contributed by atoms with Crippen LogP contribution in [-0.2, 0) is 40.4 Å². The molecular formula is C45H33Cl2N5O7S. The number of thiophene rings is 1. The van der Waals surface area contributed by atoms with E-state index in [1.54, 1.807) is 90.4 Å². The predicted octanol–water partition coefficient (Wildman–Crippen LogP) is 8.02. The molecule has 6 aromatic rings. The number of rotatable bonds is 11. The lowest BCUT2D eigenvalue weighted by molar-refractivity contribution is -0.142. The van der Waals surface area contributed by atoms with Gasteiger partial charge in [-0.25, -0.2) is 9.78 Å². The monoisotopic (exact) mass is 857 g/mol. The largest absolute Gasteiger partial charge is 0.489 e. The van der Waals surface area contributed by atoms with Gasteiger partial charge in [-0.05, 0) is 81.7 Å². The normalized spacial score (nSPS) is 15.9. The number of carbonyl (C=O) groups is 4. The van der Waals surface area contributed by atoms with Crippen molar-refractivity contribution >= 4 is 63.9 Å². The van der Waals surface area contributed by atoms with Crippen LogP contribution in [0.15, 0.2) is 115 Å². The van der Waals surface area contributed by atoms with Crippen LogP contribution in [0.3, 0.4) is 0 Å². The molecule has 300 valence electrons. The summed E-state index contributed by atoms with van der Waals surface area (Å²) in [5.74, 6) is -1.66. The third kappa shape index (κ3) is 8.67. The predicted molar refractivity (Wildman–Crippen MR) is 225 cm³/mol. The number of aliphatic carboxylic acids is 1. The van der Waals surface area contributed by atoms with E-state index in [4.69, 9.17) is 37.9 Å². The smallest absolute Gasteiger partial charge is 0.326 e. The van der Waals surface area contributed by atoms with E-state index in [9.17, 15) is 24.3 Å². The molecule has 2 aliphatic heterocycles. The quantitative estimate of drug-likeness (QED) is 0.109. The number of anilines is 1. The maximum Gasteiger partial charge on any atom is 0.326 e. The summed E-state index contributed by atoms with van der Waals surface area (Å²) in [7, 11) is 0. The summed E-state index contributed by atoms with van der Waals surface area (Å²) in [5.41, 5.74) is 6.17. The average molecular weight is 859 g/mol.